The van der Waals surface area contributed by atoms with Crippen LogP contribution in [-0.4, -0.2) is 65.5 Å². The second-order valence-electron chi connectivity index (χ2n) is 8.83. The largest absolute Gasteiger partial charge is 0.376 e. The lowest BCUT2D eigenvalue weighted by atomic mass is 9.72. The second-order valence-corrected chi connectivity index (χ2v) is 8.83. The van der Waals surface area contributed by atoms with E-state index in [9.17, 15) is 9.59 Å². The molecule has 6 nitrogen and oxygen atoms in total. The molecule has 4 rings (SSSR count). The van der Waals surface area contributed by atoms with Gasteiger partial charge in [-0.2, -0.15) is 0 Å². The van der Waals surface area contributed by atoms with Gasteiger partial charge in [-0.1, -0.05) is 0 Å². The van der Waals surface area contributed by atoms with E-state index in [1.165, 1.54) is 0 Å². The molecule has 0 bridgehead atoms. The van der Waals surface area contributed by atoms with Crippen LogP contribution in [0, 0.1) is 19.3 Å². The first-order chi connectivity index (χ1) is 13.5. The van der Waals surface area contributed by atoms with Gasteiger partial charge in [0.1, 0.15) is 0 Å². The summed E-state index contributed by atoms with van der Waals surface area (Å²) in [7, 11) is 0. The van der Waals surface area contributed by atoms with Crippen LogP contribution in [0.3, 0.4) is 0 Å². The number of pyridine rings is 1. The number of carbonyl (C=O) groups excluding carboxylic acids is 2. The van der Waals surface area contributed by atoms with E-state index in [4.69, 9.17) is 4.74 Å². The first kappa shape index (κ1) is 19.4. The Morgan fingerprint density at radius 3 is 2.75 bits per heavy atom. The zero-order valence-corrected chi connectivity index (χ0v) is 17.1. The molecular weight excluding hydrogens is 354 g/mol. The zero-order chi connectivity index (χ0) is 19.7. The number of rotatable bonds is 3. The van der Waals surface area contributed by atoms with E-state index < -0.39 is 0 Å². The first-order valence-corrected chi connectivity index (χ1v) is 10.6. The Balaban J connectivity index is 1.37. The van der Waals surface area contributed by atoms with Gasteiger partial charge in [-0.3, -0.25) is 14.6 Å². The summed E-state index contributed by atoms with van der Waals surface area (Å²) in [5.74, 6) is 0.342. The number of nitrogens with zero attached hydrogens (tertiary/aromatic N) is 3. The van der Waals surface area contributed by atoms with Crippen molar-refractivity contribution in [2.75, 3.05) is 32.8 Å². The van der Waals surface area contributed by atoms with Crippen LogP contribution in [0.5, 0.6) is 0 Å². The Hall–Kier alpha value is -1.95. The van der Waals surface area contributed by atoms with Gasteiger partial charge >= 0.3 is 0 Å². The minimum absolute atomic E-state index is 0.0774. The highest BCUT2D eigenvalue weighted by atomic mass is 16.5. The monoisotopic (exact) mass is 385 g/mol. The normalized spacial score (nSPS) is 24.8. The second kappa shape index (κ2) is 7.82. The van der Waals surface area contributed by atoms with Gasteiger partial charge in [-0.05, 0) is 63.0 Å². The van der Waals surface area contributed by atoms with Gasteiger partial charge < -0.3 is 14.5 Å². The molecule has 1 spiro atoms. The molecule has 2 amide bonds. The molecule has 28 heavy (non-hydrogen) atoms. The van der Waals surface area contributed by atoms with Crippen LogP contribution < -0.4 is 0 Å². The van der Waals surface area contributed by atoms with Gasteiger partial charge in [0.25, 0.3) is 5.91 Å². The number of likely N-dealkylation sites (tertiary alicyclic amines) is 2. The Morgan fingerprint density at radius 2 is 2.07 bits per heavy atom. The summed E-state index contributed by atoms with van der Waals surface area (Å²) in [6.07, 6.45) is 7.56. The van der Waals surface area contributed by atoms with Gasteiger partial charge in [0, 0.05) is 51.1 Å². The van der Waals surface area contributed by atoms with Crippen LogP contribution in [0.1, 0.15) is 60.1 Å². The van der Waals surface area contributed by atoms with Gasteiger partial charge in [0.15, 0.2) is 0 Å². The summed E-state index contributed by atoms with van der Waals surface area (Å²) in [5.41, 5.74) is 2.85. The molecule has 0 saturated carbocycles. The Bertz CT molecular complexity index is 749. The molecule has 152 valence electrons. The van der Waals surface area contributed by atoms with Crippen LogP contribution in [-0.2, 0) is 9.53 Å². The SMILES string of the molecule is Cc1cc(C(=O)N2CCC3(CCC(=O)N(C[C@H]4CCCO4)C3)CC2)cnc1C. The highest BCUT2D eigenvalue weighted by molar-refractivity contribution is 5.94. The van der Waals surface area contributed by atoms with Crippen molar-refractivity contribution in [2.45, 2.75) is 58.5 Å². The van der Waals surface area contributed by atoms with Crippen molar-refractivity contribution in [2.24, 2.45) is 5.41 Å². The summed E-state index contributed by atoms with van der Waals surface area (Å²) < 4.78 is 5.74. The standard InChI is InChI=1S/C22H31N3O3/c1-16-12-18(13-23-17(16)2)21(27)24-9-7-22(8-10-24)6-5-20(26)25(15-22)14-19-4-3-11-28-19/h12-13,19H,3-11,14-15H2,1-2H3/t19-/m1/s1. The number of hydrogen-bond acceptors (Lipinski definition) is 4. The van der Waals surface area contributed by atoms with Crippen LogP contribution in [0.15, 0.2) is 12.3 Å². The van der Waals surface area contributed by atoms with E-state index in [-0.39, 0.29) is 23.3 Å². The lowest BCUT2D eigenvalue weighted by molar-refractivity contribution is -0.141. The van der Waals surface area contributed by atoms with Gasteiger partial charge in [0.2, 0.25) is 5.91 Å². The fourth-order valence-electron chi connectivity index (χ4n) is 4.84. The maximum Gasteiger partial charge on any atom is 0.255 e. The summed E-state index contributed by atoms with van der Waals surface area (Å²) in [5, 5.41) is 0. The first-order valence-electron chi connectivity index (χ1n) is 10.6. The van der Waals surface area contributed by atoms with Crippen molar-refractivity contribution < 1.29 is 14.3 Å². The molecule has 3 aliphatic heterocycles. The quantitative estimate of drug-likeness (QED) is 0.803. The van der Waals surface area contributed by atoms with E-state index in [1.807, 2.05) is 29.7 Å². The number of amides is 2. The molecule has 0 radical (unpaired) electrons. The van der Waals surface area contributed by atoms with Crippen molar-refractivity contribution >= 4 is 11.8 Å². The molecule has 0 aliphatic carbocycles. The Morgan fingerprint density at radius 1 is 1.29 bits per heavy atom. The molecule has 3 saturated heterocycles. The molecule has 1 aromatic heterocycles. The molecule has 1 aromatic rings. The van der Waals surface area contributed by atoms with Crippen LogP contribution in [0.25, 0.3) is 0 Å². The molecule has 6 heteroatoms. The van der Waals surface area contributed by atoms with E-state index in [0.717, 1.165) is 76.1 Å². The molecule has 1 atom stereocenters. The topological polar surface area (TPSA) is 62.7 Å². The fourth-order valence-corrected chi connectivity index (χ4v) is 4.84. The third kappa shape index (κ3) is 3.93. The van der Waals surface area contributed by atoms with E-state index in [1.54, 1.807) is 6.20 Å². The lowest BCUT2D eigenvalue weighted by Gasteiger charge is -2.47. The third-order valence-electron chi connectivity index (χ3n) is 6.89. The van der Waals surface area contributed by atoms with Crippen LogP contribution in [0.4, 0.5) is 0 Å². The minimum Gasteiger partial charge on any atom is -0.376 e. The molecular formula is C22H31N3O3. The summed E-state index contributed by atoms with van der Waals surface area (Å²) in [4.78, 5) is 33.6. The predicted octanol–water partition coefficient (Wildman–Crippen LogP) is 2.72. The molecule has 0 N–H and O–H groups in total. The number of hydrogen-bond donors (Lipinski definition) is 0. The number of aromatic nitrogens is 1. The average molecular weight is 386 g/mol. The van der Waals surface area contributed by atoms with Crippen molar-refractivity contribution in [1.82, 2.24) is 14.8 Å². The van der Waals surface area contributed by atoms with Gasteiger partial charge in [-0.15, -0.1) is 0 Å². The highest BCUT2D eigenvalue weighted by Crippen LogP contribution is 2.40. The molecule has 4 heterocycles. The number of ether oxygens (including phenoxy) is 1. The van der Waals surface area contributed by atoms with Crippen LogP contribution in [0.2, 0.25) is 0 Å². The maximum atomic E-state index is 12.9. The maximum absolute atomic E-state index is 12.9. The Labute approximate surface area is 167 Å². The van der Waals surface area contributed by atoms with Crippen LogP contribution >= 0.6 is 0 Å². The van der Waals surface area contributed by atoms with Crippen molar-refractivity contribution in [3.63, 3.8) is 0 Å². The molecule has 3 fully saturated rings. The summed E-state index contributed by atoms with van der Waals surface area (Å²) in [6, 6.07) is 1.94. The molecule has 0 unspecified atom stereocenters. The fraction of sp³-hybridized carbons (Fsp3) is 0.682. The minimum atomic E-state index is 0.0774. The van der Waals surface area contributed by atoms with E-state index >= 15 is 0 Å². The molecule has 0 aromatic carbocycles. The molecule has 3 aliphatic rings. The van der Waals surface area contributed by atoms with Gasteiger partial charge in [-0.25, -0.2) is 0 Å². The van der Waals surface area contributed by atoms with Gasteiger partial charge in [0.05, 0.1) is 11.7 Å². The van der Waals surface area contributed by atoms with E-state index in [0.29, 0.717) is 12.0 Å². The predicted molar refractivity (Wildman–Crippen MR) is 106 cm³/mol. The zero-order valence-electron chi connectivity index (χ0n) is 17.1. The number of piperidine rings is 2. The smallest absolute Gasteiger partial charge is 0.255 e. The average Bonchev–Trinajstić information content (AvgIpc) is 3.20. The van der Waals surface area contributed by atoms with Crippen molar-refractivity contribution in [1.29, 1.82) is 0 Å². The number of carbonyl (C=O) groups is 2. The highest BCUT2D eigenvalue weighted by Gasteiger charge is 2.42. The number of aryl methyl sites for hydroxylation is 2. The van der Waals surface area contributed by atoms with E-state index in [2.05, 4.69) is 4.98 Å². The summed E-state index contributed by atoms with van der Waals surface area (Å²) >= 11 is 0. The summed E-state index contributed by atoms with van der Waals surface area (Å²) in [6.45, 7) is 7.84. The Kier molecular flexibility index (Phi) is 5.41. The lowest BCUT2D eigenvalue weighted by Crippen LogP contribution is -2.53. The van der Waals surface area contributed by atoms with Crippen molar-refractivity contribution in [3.05, 3.63) is 29.1 Å². The van der Waals surface area contributed by atoms with Crippen molar-refractivity contribution in [3.8, 4) is 0 Å². The third-order valence-corrected chi connectivity index (χ3v) is 6.89.